The number of oxime groups is 1. The van der Waals surface area contributed by atoms with E-state index in [1.165, 1.54) is 6.42 Å². The molecule has 6 nitrogen and oxygen atoms in total. The molecule has 2 heterocycles. The van der Waals surface area contributed by atoms with Crippen LogP contribution >= 0.6 is 11.6 Å². The summed E-state index contributed by atoms with van der Waals surface area (Å²) in [7, 11) is 0. The first-order valence-corrected chi connectivity index (χ1v) is 12.4. The Morgan fingerprint density at radius 1 is 1.09 bits per heavy atom. The van der Waals surface area contributed by atoms with Crippen LogP contribution in [0.15, 0.2) is 23.4 Å². The van der Waals surface area contributed by atoms with Gasteiger partial charge in [0, 0.05) is 24.5 Å². The van der Waals surface area contributed by atoms with Crippen LogP contribution in [0, 0.1) is 13.8 Å². The van der Waals surface area contributed by atoms with Crippen molar-refractivity contribution in [2.45, 2.75) is 71.6 Å². The molecule has 1 fully saturated rings. The summed E-state index contributed by atoms with van der Waals surface area (Å²) < 4.78 is 5.53. The van der Waals surface area contributed by atoms with Crippen LogP contribution in [0.1, 0.15) is 78.4 Å². The molecule has 0 saturated carbocycles. The van der Waals surface area contributed by atoms with Crippen molar-refractivity contribution in [1.82, 2.24) is 4.90 Å². The number of nitrogens with zero attached hydrogens (tertiary/aromatic N) is 2. The second-order valence-corrected chi connectivity index (χ2v) is 9.25. The van der Waals surface area contributed by atoms with Crippen LogP contribution in [0.3, 0.4) is 0 Å². The molecule has 1 amide bonds. The molecule has 2 aliphatic rings. The van der Waals surface area contributed by atoms with E-state index in [1.54, 1.807) is 0 Å². The van der Waals surface area contributed by atoms with Gasteiger partial charge in [0.1, 0.15) is 0 Å². The average molecular weight is 475 g/mol. The highest BCUT2D eigenvalue weighted by Gasteiger charge is 2.22. The van der Waals surface area contributed by atoms with Gasteiger partial charge in [0.15, 0.2) is 6.61 Å². The number of allylic oxidation sites excluding steroid dienone is 1. The Morgan fingerprint density at radius 2 is 1.85 bits per heavy atom. The monoisotopic (exact) mass is 474 g/mol. The van der Waals surface area contributed by atoms with Gasteiger partial charge in [-0.3, -0.25) is 4.79 Å². The smallest absolute Gasteiger partial charge is 0.338 e. The maximum Gasteiger partial charge on any atom is 0.338 e. The Hall–Kier alpha value is -2.34. The van der Waals surface area contributed by atoms with Gasteiger partial charge in [-0.25, -0.2) is 4.79 Å². The summed E-state index contributed by atoms with van der Waals surface area (Å²) in [6.45, 7) is 5.68. The second kappa shape index (κ2) is 12.8. The second-order valence-electron chi connectivity index (χ2n) is 8.87. The lowest BCUT2D eigenvalue weighted by atomic mass is 9.93. The zero-order valence-corrected chi connectivity index (χ0v) is 20.6. The van der Waals surface area contributed by atoms with Gasteiger partial charge in [-0.05, 0) is 81.9 Å². The Morgan fingerprint density at radius 3 is 2.64 bits per heavy atom. The van der Waals surface area contributed by atoms with E-state index in [0.29, 0.717) is 36.5 Å². The molecular weight excluding hydrogens is 440 g/mol. The molecule has 0 bridgehead atoms. The van der Waals surface area contributed by atoms with Crippen molar-refractivity contribution < 1.29 is 19.2 Å². The van der Waals surface area contributed by atoms with Crippen molar-refractivity contribution in [3.63, 3.8) is 0 Å². The van der Waals surface area contributed by atoms with Crippen molar-refractivity contribution >= 4 is 29.2 Å². The van der Waals surface area contributed by atoms with Crippen molar-refractivity contribution in [3.8, 4) is 0 Å². The van der Waals surface area contributed by atoms with Crippen LogP contribution in [-0.2, 0) is 20.8 Å². The van der Waals surface area contributed by atoms with Crippen LogP contribution in [0.4, 0.5) is 0 Å². The van der Waals surface area contributed by atoms with Gasteiger partial charge in [-0.1, -0.05) is 35.0 Å². The number of hydrogen-bond donors (Lipinski definition) is 0. The van der Waals surface area contributed by atoms with Crippen molar-refractivity contribution in [1.29, 1.82) is 0 Å². The number of benzene rings is 1. The fraction of sp³-hybridized carbons (Fsp3) is 0.577. The number of rotatable bonds is 3. The average Bonchev–Trinajstić information content (AvgIpc) is 2.80. The van der Waals surface area contributed by atoms with Gasteiger partial charge < -0.3 is 14.5 Å². The molecule has 1 saturated heterocycles. The Balaban J connectivity index is 1.82. The van der Waals surface area contributed by atoms with Crippen LogP contribution < -0.4 is 0 Å². The minimum atomic E-state index is -0.365. The Bertz CT molecular complexity index is 904. The van der Waals surface area contributed by atoms with E-state index in [0.717, 1.165) is 67.6 Å². The van der Waals surface area contributed by atoms with E-state index in [1.807, 2.05) is 24.8 Å². The molecule has 0 aromatic heterocycles. The van der Waals surface area contributed by atoms with Crippen LogP contribution in [0.25, 0.3) is 0 Å². The number of ether oxygens (including phenoxy) is 1. The zero-order valence-electron chi connectivity index (χ0n) is 19.8. The highest BCUT2D eigenvalue weighted by Crippen LogP contribution is 2.29. The quantitative estimate of drug-likeness (QED) is 0.326. The number of esters is 1. The summed E-state index contributed by atoms with van der Waals surface area (Å²) in [6, 6.07) is 1.91. The highest BCUT2D eigenvalue weighted by atomic mass is 35.5. The van der Waals surface area contributed by atoms with Crippen molar-refractivity contribution in [2.75, 3.05) is 26.3 Å². The third-order valence-electron chi connectivity index (χ3n) is 6.19. The SMILES string of the molecule is Cc1cc(C)c2c(c1Cl)C/C(=N/OCC(=O)N1CCCCC1)CCCC/C=C/CCOC2=O. The predicted molar refractivity (Wildman–Crippen MR) is 131 cm³/mol. The molecule has 1 aromatic carbocycles. The van der Waals surface area contributed by atoms with Crippen molar-refractivity contribution in [2.24, 2.45) is 5.16 Å². The fourth-order valence-electron chi connectivity index (χ4n) is 4.40. The summed E-state index contributed by atoms with van der Waals surface area (Å²) in [6.07, 6.45) is 12.2. The molecule has 0 atom stereocenters. The minimum absolute atomic E-state index is 0.0289. The van der Waals surface area contributed by atoms with E-state index in [2.05, 4.69) is 17.3 Å². The Kier molecular flexibility index (Phi) is 9.79. The number of fused-ring (bicyclic) bond motifs is 1. The number of carbonyl (C=O) groups is 2. The number of cyclic esters (lactones) is 1. The van der Waals surface area contributed by atoms with E-state index in [-0.39, 0.29) is 18.5 Å². The van der Waals surface area contributed by atoms with Crippen LogP contribution in [0.5, 0.6) is 0 Å². The Labute approximate surface area is 201 Å². The molecule has 180 valence electrons. The lowest BCUT2D eigenvalue weighted by Crippen LogP contribution is -2.37. The molecule has 33 heavy (non-hydrogen) atoms. The molecule has 0 radical (unpaired) electrons. The molecule has 3 rings (SSSR count). The van der Waals surface area contributed by atoms with Crippen LogP contribution in [-0.4, -0.2) is 48.8 Å². The summed E-state index contributed by atoms with van der Waals surface area (Å²) in [5, 5.41) is 4.91. The fourth-order valence-corrected chi connectivity index (χ4v) is 4.61. The summed E-state index contributed by atoms with van der Waals surface area (Å²) >= 11 is 6.68. The first-order valence-electron chi connectivity index (χ1n) is 12.0. The predicted octanol–water partition coefficient (Wildman–Crippen LogP) is 5.56. The van der Waals surface area contributed by atoms with Crippen LogP contribution in [0.2, 0.25) is 5.02 Å². The molecule has 1 aromatic rings. The molecular formula is C26H35ClN2O4. The maximum atomic E-state index is 12.9. The van der Waals surface area contributed by atoms with E-state index < -0.39 is 0 Å². The number of halogens is 1. The van der Waals surface area contributed by atoms with E-state index in [4.69, 9.17) is 21.2 Å². The van der Waals surface area contributed by atoms with Gasteiger partial charge in [-0.2, -0.15) is 0 Å². The zero-order chi connectivity index (χ0) is 23.6. The summed E-state index contributed by atoms with van der Waals surface area (Å²) in [5.41, 5.74) is 3.74. The van der Waals surface area contributed by atoms with Gasteiger partial charge in [0.05, 0.1) is 17.9 Å². The topological polar surface area (TPSA) is 68.2 Å². The highest BCUT2D eigenvalue weighted by molar-refractivity contribution is 6.33. The largest absolute Gasteiger partial charge is 0.462 e. The van der Waals surface area contributed by atoms with Gasteiger partial charge in [-0.15, -0.1) is 0 Å². The third kappa shape index (κ3) is 7.32. The first-order chi connectivity index (χ1) is 16.0. The number of piperidine rings is 1. The van der Waals surface area contributed by atoms with E-state index >= 15 is 0 Å². The van der Waals surface area contributed by atoms with E-state index in [9.17, 15) is 9.59 Å². The number of amides is 1. The molecule has 7 heteroatoms. The van der Waals surface area contributed by atoms with Crippen molar-refractivity contribution in [3.05, 3.63) is 45.5 Å². The number of hydrogen-bond acceptors (Lipinski definition) is 5. The van der Waals surface area contributed by atoms with Gasteiger partial charge >= 0.3 is 5.97 Å². The summed E-state index contributed by atoms with van der Waals surface area (Å²) in [5.74, 6) is -0.394. The number of carbonyl (C=O) groups excluding carboxylic acids is 2. The third-order valence-corrected chi connectivity index (χ3v) is 6.71. The maximum absolute atomic E-state index is 12.9. The van der Waals surface area contributed by atoms with Gasteiger partial charge in [0.25, 0.3) is 5.91 Å². The lowest BCUT2D eigenvalue weighted by molar-refractivity contribution is -0.137. The molecule has 0 aliphatic carbocycles. The number of likely N-dealkylation sites (tertiary alicyclic amines) is 1. The number of aryl methyl sites for hydroxylation is 2. The summed E-state index contributed by atoms with van der Waals surface area (Å²) in [4.78, 5) is 32.7. The normalized spacial score (nSPS) is 20.5. The molecule has 0 unspecified atom stereocenters. The molecule has 0 spiro atoms. The first kappa shape index (κ1) is 25.3. The standard InChI is InChI=1S/C26H35ClN2O4/c1-19-16-20(2)25(27)22-17-21(28-33-18-23(30)29-13-9-7-10-14-29)12-8-5-3-4-6-11-15-32-26(31)24(19)22/h4,6,16H,3,5,7-15,17-18H2,1-2H3/b6-4+,28-21+. The molecule has 2 aliphatic heterocycles. The van der Waals surface area contributed by atoms with Gasteiger partial charge in [0.2, 0.25) is 0 Å². The lowest BCUT2D eigenvalue weighted by Gasteiger charge is -2.26. The molecule has 0 N–H and O–H groups in total. The minimum Gasteiger partial charge on any atom is -0.462 e.